The van der Waals surface area contributed by atoms with Crippen LogP contribution in [-0.2, 0) is 17.6 Å². The molecule has 6 nitrogen and oxygen atoms in total. The number of aromatic amines is 1. The largest absolute Gasteiger partial charge is 0.497 e. The van der Waals surface area contributed by atoms with Gasteiger partial charge in [-0.15, -0.1) is 0 Å². The van der Waals surface area contributed by atoms with Gasteiger partial charge in [0.05, 0.1) is 13.5 Å². The topological polar surface area (TPSA) is 79.9 Å². The van der Waals surface area contributed by atoms with Gasteiger partial charge in [0, 0.05) is 18.2 Å². The maximum Gasteiger partial charge on any atom is 0.232 e. The third kappa shape index (κ3) is 4.67. The van der Waals surface area contributed by atoms with Crippen LogP contribution in [0.25, 0.3) is 0 Å². The molecule has 3 aromatic rings. The van der Waals surface area contributed by atoms with Gasteiger partial charge >= 0.3 is 0 Å². The molecule has 0 spiro atoms. The van der Waals surface area contributed by atoms with Crippen LogP contribution in [0.5, 0.6) is 5.75 Å². The van der Waals surface area contributed by atoms with E-state index in [9.17, 15) is 4.79 Å². The summed E-state index contributed by atoms with van der Waals surface area (Å²) < 4.78 is 5.14. The van der Waals surface area contributed by atoms with Crippen molar-refractivity contribution < 1.29 is 9.53 Å². The lowest BCUT2D eigenvalue weighted by Gasteiger charge is -2.05. The number of anilines is 1. The molecule has 0 unspecified atom stereocenters. The summed E-state index contributed by atoms with van der Waals surface area (Å²) >= 11 is 0. The average Bonchev–Trinajstić information content (AvgIpc) is 3.01. The Bertz CT molecular complexity index is 873. The first-order valence-corrected chi connectivity index (χ1v) is 8.02. The summed E-state index contributed by atoms with van der Waals surface area (Å²) in [6, 6.07) is 15.4. The van der Waals surface area contributed by atoms with E-state index in [4.69, 9.17) is 4.74 Å². The van der Waals surface area contributed by atoms with E-state index in [-0.39, 0.29) is 12.3 Å². The Hall–Kier alpha value is -3.15. The number of methoxy groups -OCH3 is 1. The molecule has 0 bridgehead atoms. The molecule has 0 saturated carbocycles. The number of carbonyl (C=O) groups excluding carboxylic acids is 1. The van der Waals surface area contributed by atoms with E-state index in [2.05, 4.69) is 39.6 Å². The number of nitrogens with zero attached hydrogens (tertiary/aromatic N) is 2. The fourth-order valence-electron chi connectivity index (χ4n) is 2.56. The lowest BCUT2D eigenvalue weighted by Crippen LogP contribution is -2.15. The quantitative estimate of drug-likeness (QED) is 0.725. The Morgan fingerprint density at radius 2 is 2.04 bits per heavy atom. The number of ether oxygens (including phenoxy) is 1. The number of hydrogen-bond acceptors (Lipinski definition) is 4. The summed E-state index contributed by atoms with van der Waals surface area (Å²) in [4.78, 5) is 16.5. The van der Waals surface area contributed by atoms with Gasteiger partial charge in [-0.3, -0.25) is 9.89 Å². The molecule has 2 aromatic carbocycles. The van der Waals surface area contributed by atoms with Gasteiger partial charge in [-0.1, -0.05) is 35.9 Å². The molecule has 1 heterocycles. The molecule has 0 aliphatic heterocycles. The minimum atomic E-state index is -0.172. The molecule has 6 heteroatoms. The van der Waals surface area contributed by atoms with E-state index in [1.54, 1.807) is 13.2 Å². The van der Waals surface area contributed by atoms with Crippen LogP contribution in [-0.4, -0.2) is 28.2 Å². The van der Waals surface area contributed by atoms with Crippen LogP contribution in [0.15, 0.2) is 48.5 Å². The van der Waals surface area contributed by atoms with Crippen molar-refractivity contribution in [1.29, 1.82) is 0 Å². The van der Waals surface area contributed by atoms with Gasteiger partial charge in [0.1, 0.15) is 11.6 Å². The van der Waals surface area contributed by atoms with E-state index >= 15 is 0 Å². The van der Waals surface area contributed by atoms with Crippen LogP contribution in [0, 0.1) is 6.92 Å². The third-order valence-corrected chi connectivity index (χ3v) is 3.70. The first kappa shape index (κ1) is 16.7. The Morgan fingerprint density at radius 3 is 2.84 bits per heavy atom. The van der Waals surface area contributed by atoms with Crippen molar-refractivity contribution in [3.63, 3.8) is 0 Å². The lowest BCUT2D eigenvalue weighted by atomic mass is 10.1. The average molecular weight is 336 g/mol. The number of H-pyrrole nitrogens is 1. The van der Waals surface area contributed by atoms with Crippen molar-refractivity contribution in [2.75, 3.05) is 12.4 Å². The summed E-state index contributed by atoms with van der Waals surface area (Å²) in [5, 5.41) is 9.85. The molecule has 3 rings (SSSR count). The van der Waals surface area contributed by atoms with Crippen molar-refractivity contribution in [3.05, 3.63) is 71.3 Å². The summed E-state index contributed by atoms with van der Waals surface area (Å²) in [5.74, 6) is 1.74. The fourth-order valence-corrected chi connectivity index (χ4v) is 2.56. The molecular formula is C19H20N4O2. The summed E-state index contributed by atoms with van der Waals surface area (Å²) in [6.07, 6.45) is 0.772. The summed E-state index contributed by atoms with van der Waals surface area (Å²) in [5.41, 5.74) is 3.04. The Balaban J connectivity index is 1.59. The summed E-state index contributed by atoms with van der Waals surface area (Å²) in [6.45, 7) is 2.05. The molecule has 0 atom stereocenters. The van der Waals surface area contributed by atoms with Gasteiger partial charge in [-0.2, -0.15) is 5.10 Å². The molecule has 128 valence electrons. The highest BCUT2D eigenvalue weighted by Gasteiger charge is 2.10. The van der Waals surface area contributed by atoms with Crippen LogP contribution in [0.3, 0.4) is 0 Å². The van der Waals surface area contributed by atoms with Gasteiger partial charge in [0.15, 0.2) is 5.82 Å². The van der Waals surface area contributed by atoms with Crippen molar-refractivity contribution >= 4 is 11.6 Å². The van der Waals surface area contributed by atoms with E-state index in [1.165, 1.54) is 5.56 Å². The number of rotatable bonds is 6. The predicted molar refractivity (Wildman–Crippen MR) is 95.7 cm³/mol. The fraction of sp³-hybridized carbons (Fsp3) is 0.211. The molecule has 0 saturated heterocycles. The molecule has 2 N–H and O–H groups in total. The van der Waals surface area contributed by atoms with Crippen LogP contribution >= 0.6 is 0 Å². The predicted octanol–water partition coefficient (Wildman–Crippen LogP) is 2.89. The highest BCUT2D eigenvalue weighted by molar-refractivity contribution is 5.91. The molecule has 0 fully saturated rings. The molecule has 0 radical (unpaired) electrons. The van der Waals surface area contributed by atoms with E-state index in [1.807, 2.05) is 30.3 Å². The third-order valence-electron chi connectivity index (χ3n) is 3.70. The minimum absolute atomic E-state index is 0.113. The number of amides is 1. The van der Waals surface area contributed by atoms with Gasteiger partial charge in [0.2, 0.25) is 5.91 Å². The standard InChI is InChI=1S/C19H20N4O2/c1-13-5-3-6-14(9-13)10-17-21-18(23-22-17)12-19(24)20-15-7-4-8-16(11-15)25-2/h3-9,11H,10,12H2,1-2H3,(H,20,24)(H,21,22,23). The SMILES string of the molecule is COc1cccc(NC(=O)Cc2n[nH]c(Cc3cccc(C)c3)n2)c1. The molecule has 25 heavy (non-hydrogen) atoms. The first-order valence-electron chi connectivity index (χ1n) is 8.02. The molecule has 0 aliphatic rings. The van der Waals surface area contributed by atoms with E-state index in [0.717, 1.165) is 11.4 Å². The normalized spacial score (nSPS) is 10.5. The van der Waals surface area contributed by atoms with Gasteiger partial charge in [0.25, 0.3) is 0 Å². The molecule has 0 aliphatic carbocycles. The second kappa shape index (κ2) is 7.61. The number of nitrogens with one attached hydrogen (secondary N) is 2. The van der Waals surface area contributed by atoms with Crippen molar-refractivity contribution in [2.24, 2.45) is 0 Å². The number of aromatic nitrogens is 3. The van der Waals surface area contributed by atoms with Crippen molar-refractivity contribution in [3.8, 4) is 5.75 Å². The Kier molecular flexibility index (Phi) is 5.09. The second-order valence-electron chi connectivity index (χ2n) is 5.82. The Labute approximate surface area is 146 Å². The molecular weight excluding hydrogens is 316 g/mol. The lowest BCUT2D eigenvalue weighted by molar-refractivity contribution is -0.115. The number of benzene rings is 2. The zero-order chi connectivity index (χ0) is 17.6. The maximum absolute atomic E-state index is 12.1. The zero-order valence-corrected chi connectivity index (χ0v) is 14.2. The van der Waals surface area contributed by atoms with Gasteiger partial charge in [-0.25, -0.2) is 4.98 Å². The maximum atomic E-state index is 12.1. The van der Waals surface area contributed by atoms with Crippen LogP contribution in [0.1, 0.15) is 22.8 Å². The number of carbonyl (C=O) groups is 1. The highest BCUT2D eigenvalue weighted by Crippen LogP contribution is 2.16. The van der Waals surface area contributed by atoms with Crippen LogP contribution in [0.4, 0.5) is 5.69 Å². The van der Waals surface area contributed by atoms with Crippen molar-refractivity contribution in [2.45, 2.75) is 19.8 Å². The minimum Gasteiger partial charge on any atom is -0.497 e. The molecule has 1 amide bonds. The smallest absolute Gasteiger partial charge is 0.232 e. The van der Waals surface area contributed by atoms with Gasteiger partial charge < -0.3 is 10.1 Å². The number of hydrogen-bond donors (Lipinski definition) is 2. The van der Waals surface area contributed by atoms with Crippen molar-refractivity contribution in [1.82, 2.24) is 15.2 Å². The van der Waals surface area contributed by atoms with Crippen LogP contribution in [0.2, 0.25) is 0 Å². The Morgan fingerprint density at radius 1 is 1.20 bits per heavy atom. The summed E-state index contributed by atoms with van der Waals surface area (Å²) in [7, 11) is 1.59. The van der Waals surface area contributed by atoms with E-state index < -0.39 is 0 Å². The zero-order valence-electron chi connectivity index (χ0n) is 14.2. The monoisotopic (exact) mass is 336 g/mol. The molecule has 1 aromatic heterocycles. The number of aryl methyl sites for hydroxylation is 1. The van der Waals surface area contributed by atoms with Crippen LogP contribution < -0.4 is 10.1 Å². The van der Waals surface area contributed by atoms with E-state index in [0.29, 0.717) is 23.7 Å². The highest BCUT2D eigenvalue weighted by atomic mass is 16.5. The van der Waals surface area contributed by atoms with Gasteiger partial charge in [-0.05, 0) is 24.6 Å². The first-order chi connectivity index (χ1) is 12.1. The second-order valence-corrected chi connectivity index (χ2v) is 5.82.